The summed E-state index contributed by atoms with van der Waals surface area (Å²) in [4.78, 5) is 11.0. The minimum atomic E-state index is -0.337. The Kier molecular flexibility index (Phi) is 4.83. The Bertz CT molecular complexity index is 231. The normalized spacial score (nSPS) is 15.6. The van der Waals surface area contributed by atoms with Crippen molar-refractivity contribution in [1.29, 1.82) is 0 Å². The lowest BCUT2D eigenvalue weighted by molar-refractivity contribution is -0.146. The van der Waals surface area contributed by atoms with E-state index in [1.54, 1.807) is 0 Å². The molecule has 0 aromatic heterocycles. The van der Waals surface area contributed by atoms with Crippen LogP contribution in [0.4, 0.5) is 0 Å². The van der Waals surface area contributed by atoms with Gasteiger partial charge in [0, 0.05) is 6.42 Å². The molecule has 1 rings (SSSR count). The summed E-state index contributed by atoms with van der Waals surface area (Å²) in [6.45, 7) is 3.72. The van der Waals surface area contributed by atoms with E-state index in [2.05, 4.69) is 6.58 Å². The average Bonchev–Trinajstić information content (AvgIpc) is 2.25. The number of allylic oxidation sites excluding steroid dienone is 2. The second-order valence-electron chi connectivity index (χ2n) is 3.18. The van der Waals surface area contributed by atoms with Crippen LogP contribution >= 0.6 is 0 Å². The van der Waals surface area contributed by atoms with Gasteiger partial charge in [0.1, 0.15) is 6.61 Å². The second-order valence-corrected chi connectivity index (χ2v) is 3.18. The van der Waals surface area contributed by atoms with Gasteiger partial charge in [-0.05, 0) is 25.3 Å². The van der Waals surface area contributed by atoms with Crippen molar-refractivity contribution in [2.24, 2.45) is 0 Å². The van der Waals surface area contributed by atoms with Gasteiger partial charge in [0.25, 0.3) is 0 Å². The molecular weight excluding hydrogens is 180 g/mol. The fraction of sp³-hybridized carbons (Fsp3) is 0.545. The van der Waals surface area contributed by atoms with E-state index in [4.69, 9.17) is 9.47 Å². The highest BCUT2D eigenvalue weighted by Gasteiger charge is 2.07. The SMILES string of the molecule is C=CCOC(=O)COC1=CCCCC1. The van der Waals surface area contributed by atoms with E-state index in [-0.39, 0.29) is 19.2 Å². The van der Waals surface area contributed by atoms with E-state index in [0.717, 1.165) is 25.0 Å². The molecule has 0 fully saturated rings. The standard InChI is InChI=1S/C11H16O3/c1-2-8-13-11(12)9-14-10-6-4-3-5-7-10/h2,6H,1,3-5,7-9H2. The van der Waals surface area contributed by atoms with Crippen molar-refractivity contribution in [2.75, 3.05) is 13.2 Å². The molecule has 14 heavy (non-hydrogen) atoms. The Morgan fingerprint density at radius 3 is 3.07 bits per heavy atom. The molecular formula is C11H16O3. The molecule has 78 valence electrons. The van der Waals surface area contributed by atoms with Crippen LogP contribution in [0.15, 0.2) is 24.5 Å². The van der Waals surface area contributed by atoms with Crippen molar-refractivity contribution in [3.05, 3.63) is 24.5 Å². The Balaban J connectivity index is 2.15. The zero-order chi connectivity index (χ0) is 10.2. The van der Waals surface area contributed by atoms with E-state index >= 15 is 0 Å². The van der Waals surface area contributed by atoms with Crippen LogP contribution in [-0.4, -0.2) is 19.2 Å². The first kappa shape index (κ1) is 10.8. The highest BCUT2D eigenvalue weighted by atomic mass is 16.6. The molecule has 0 saturated carbocycles. The van der Waals surface area contributed by atoms with Crippen LogP contribution in [0, 0.1) is 0 Å². The van der Waals surface area contributed by atoms with E-state index in [9.17, 15) is 4.79 Å². The molecule has 0 aromatic carbocycles. The maximum Gasteiger partial charge on any atom is 0.344 e. The van der Waals surface area contributed by atoms with Gasteiger partial charge in [0.05, 0.1) is 5.76 Å². The van der Waals surface area contributed by atoms with Crippen molar-refractivity contribution < 1.29 is 14.3 Å². The van der Waals surface area contributed by atoms with Crippen molar-refractivity contribution >= 4 is 5.97 Å². The predicted molar refractivity (Wildman–Crippen MR) is 53.7 cm³/mol. The minimum Gasteiger partial charge on any atom is -0.487 e. The lowest BCUT2D eigenvalue weighted by Gasteiger charge is -2.13. The van der Waals surface area contributed by atoms with Gasteiger partial charge in [0.2, 0.25) is 0 Å². The number of hydrogen-bond acceptors (Lipinski definition) is 3. The molecule has 0 unspecified atom stereocenters. The molecule has 0 bridgehead atoms. The van der Waals surface area contributed by atoms with Gasteiger partial charge in [0.15, 0.2) is 6.61 Å². The van der Waals surface area contributed by atoms with Crippen LogP contribution in [0.5, 0.6) is 0 Å². The molecule has 3 nitrogen and oxygen atoms in total. The first-order valence-corrected chi connectivity index (χ1v) is 4.91. The Morgan fingerprint density at radius 1 is 1.57 bits per heavy atom. The van der Waals surface area contributed by atoms with Crippen molar-refractivity contribution in [3.63, 3.8) is 0 Å². The van der Waals surface area contributed by atoms with Gasteiger partial charge < -0.3 is 9.47 Å². The van der Waals surface area contributed by atoms with Gasteiger partial charge in [-0.1, -0.05) is 12.7 Å². The third kappa shape index (κ3) is 4.12. The summed E-state index contributed by atoms with van der Waals surface area (Å²) < 4.78 is 10.1. The fourth-order valence-corrected chi connectivity index (χ4v) is 1.28. The van der Waals surface area contributed by atoms with Crippen LogP contribution in [0.2, 0.25) is 0 Å². The third-order valence-electron chi connectivity index (χ3n) is 1.99. The van der Waals surface area contributed by atoms with Gasteiger partial charge in [-0.15, -0.1) is 0 Å². The monoisotopic (exact) mass is 196 g/mol. The maximum atomic E-state index is 11.0. The summed E-state index contributed by atoms with van der Waals surface area (Å²) in [5.41, 5.74) is 0. The smallest absolute Gasteiger partial charge is 0.344 e. The minimum absolute atomic E-state index is 0.0136. The predicted octanol–water partition coefficient (Wildman–Crippen LogP) is 2.19. The first-order chi connectivity index (χ1) is 6.83. The number of carbonyl (C=O) groups excluding carboxylic acids is 1. The molecule has 3 heteroatoms. The van der Waals surface area contributed by atoms with E-state index < -0.39 is 0 Å². The van der Waals surface area contributed by atoms with Crippen LogP contribution in [0.1, 0.15) is 25.7 Å². The summed E-state index contributed by atoms with van der Waals surface area (Å²) in [5, 5.41) is 0. The summed E-state index contributed by atoms with van der Waals surface area (Å²) in [6.07, 6.45) is 7.94. The molecule has 0 amide bonds. The van der Waals surface area contributed by atoms with Crippen LogP contribution in [0.3, 0.4) is 0 Å². The molecule has 0 aliphatic heterocycles. The molecule has 1 aliphatic carbocycles. The number of rotatable bonds is 5. The summed E-state index contributed by atoms with van der Waals surface area (Å²) in [7, 11) is 0. The topological polar surface area (TPSA) is 35.5 Å². The summed E-state index contributed by atoms with van der Waals surface area (Å²) in [6, 6.07) is 0. The molecule has 0 heterocycles. The van der Waals surface area contributed by atoms with Gasteiger partial charge >= 0.3 is 5.97 Å². The zero-order valence-electron chi connectivity index (χ0n) is 8.33. The van der Waals surface area contributed by atoms with Crippen molar-refractivity contribution in [1.82, 2.24) is 0 Å². The van der Waals surface area contributed by atoms with Gasteiger partial charge in [-0.25, -0.2) is 4.79 Å². The molecule has 0 atom stereocenters. The fourth-order valence-electron chi connectivity index (χ4n) is 1.28. The lowest BCUT2D eigenvalue weighted by atomic mass is 10.1. The highest BCUT2D eigenvalue weighted by Crippen LogP contribution is 2.17. The quantitative estimate of drug-likeness (QED) is 0.499. The highest BCUT2D eigenvalue weighted by molar-refractivity contribution is 5.70. The average molecular weight is 196 g/mol. The molecule has 0 aromatic rings. The van der Waals surface area contributed by atoms with Crippen LogP contribution < -0.4 is 0 Å². The zero-order valence-corrected chi connectivity index (χ0v) is 8.33. The van der Waals surface area contributed by atoms with Gasteiger partial charge in [-0.2, -0.15) is 0 Å². The van der Waals surface area contributed by atoms with Crippen molar-refractivity contribution in [3.8, 4) is 0 Å². The van der Waals surface area contributed by atoms with Crippen LogP contribution in [0.25, 0.3) is 0 Å². The summed E-state index contributed by atoms with van der Waals surface area (Å²) in [5.74, 6) is 0.586. The second kappa shape index (κ2) is 6.24. The number of esters is 1. The number of hydrogen-bond donors (Lipinski definition) is 0. The van der Waals surface area contributed by atoms with Gasteiger partial charge in [-0.3, -0.25) is 0 Å². The maximum absolute atomic E-state index is 11.0. The molecule has 0 N–H and O–H groups in total. The number of ether oxygens (including phenoxy) is 2. The lowest BCUT2D eigenvalue weighted by Crippen LogP contribution is -2.13. The molecule has 1 aliphatic rings. The Morgan fingerprint density at radius 2 is 2.43 bits per heavy atom. The van der Waals surface area contributed by atoms with E-state index in [0.29, 0.717) is 0 Å². The summed E-state index contributed by atoms with van der Waals surface area (Å²) >= 11 is 0. The first-order valence-electron chi connectivity index (χ1n) is 4.91. The molecule has 0 saturated heterocycles. The van der Waals surface area contributed by atoms with E-state index in [1.165, 1.54) is 12.5 Å². The largest absolute Gasteiger partial charge is 0.487 e. The van der Waals surface area contributed by atoms with Crippen molar-refractivity contribution in [2.45, 2.75) is 25.7 Å². The third-order valence-corrected chi connectivity index (χ3v) is 1.99. The van der Waals surface area contributed by atoms with Crippen LogP contribution in [-0.2, 0) is 14.3 Å². The number of carbonyl (C=O) groups is 1. The Hall–Kier alpha value is -1.25. The van der Waals surface area contributed by atoms with E-state index in [1.807, 2.05) is 6.08 Å². The Labute approximate surface area is 84.4 Å². The molecule has 0 radical (unpaired) electrons. The molecule has 0 spiro atoms.